The Morgan fingerprint density at radius 2 is 2.27 bits per heavy atom. The van der Waals surface area contributed by atoms with Crippen molar-refractivity contribution < 1.29 is 4.48 Å². The van der Waals surface area contributed by atoms with Crippen LogP contribution in [0.15, 0.2) is 12.7 Å². The molecule has 0 aromatic carbocycles. The molecule has 2 heteroatoms. The van der Waals surface area contributed by atoms with Gasteiger partial charge in [-0.25, -0.2) is 0 Å². The summed E-state index contributed by atoms with van der Waals surface area (Å²) in [4.78, 5) is 2.61. The van der Waals surface area contributed by atoms with Crippen LogP contribution in [0, 0.1) is 0 Å². The number of nitrogens with zero attached hydrogens (tertiary/aromatic N) is 2. The lowest BCUT2D eigenvalue weighted by atomic mass is 9.96. The zero-order valence-corrected chi connectivity index (χ0v) is 10.3. The van der Waals surface area contributed by atoms with Gasteiger partial charge in [0.25, 0.3) is 0 Å². The van der Waals surface area contributed by atoms with Crippen LogP contribution in [0.2, 0.25) is 0 Å². The third-order valence-electron chi connectivity index (χ3n) is 4.54. The van der Waals surface area contributed by atoms with Crippen molar-refractivity contribution in [3.8, 4) is 0 Å². The molecule has 2 bridgehead atoms. The third-order valence-corrected chi connectivity index (χ3v) is 4.54. The van der Waals surface area contributed by atoms with E-state index in [9.17, 15) is 0 Å². The van der Waals surface area contributed by atoms with E-state index in [2.05, 4.69) is 31.4 Å². The highest BCUT2D eigenvalue weighted by atomic mass is 15.5. The molecule has 3 rings (SSSR count). The lowest BCUT2D eigenvalue weighted by Gasteiger charge is -2.58. The summed E-state index contributed by atoms with van der Waals surface area (Å²) in [7, 11) is 0. The normalized spacial score (nSPS) is 44.3. The fourth-order valence-electron chi connectivity index (χ4n) is 3.50. The van der Waals surface area contributed by atoms with Crippen LogP contribution in [0.25, 0.3) is 0 Å². The van der Waals surface area contributed by atoms with Crippen LogP contribution in [0.1, 0.15) is 26.7 Å². The van der Waals surface area contributed by atoms with Gasteiger partial charge in [0.15, 0.2) is 0 Å². The highest BCUT2D eigenvalue weighted by Gasteiger charge is 2.49. The number of piperazine rings is 3. The van der Waals surface area contributed by atoms with Gasteiger partial charge in [-0.2, -0.15) is 0 Å². The molecule has 0 spiro atoms. The highest BCUT2D eigenvalue weighted by molar-refractivity contribution is 4.92. The molecule has 4 atom stereocenters. The zero-order valence-electron chi connectivity index (χ0n) is 10.3. The van der Waals surface area contributed by atoms with Gasteiger partial charge in [0.05, 0.1) is 32.2 Å². The Kier molecular flexibility index (Phi) is 3.17. The van der Waals surface area contributed by atoms with Crippen LogP contribution in [0.3, 0.4) is 0 Å². The maximum atomic E-state index is 4.05. The van der Waals surface area contributed by atoms with Crippen molar-refractivity contribution in [3.05, 3.63) is 12.7 Å². The third kappa shape index (κ3) is 1.74. The maximum absolute atomic E-state index is 4.05. The van der Waals surface area contributed by atoms with Crippen LogP contribution < -0.4 is 0 Å². The largest absolute Gasteiger partial charge is 0.313 e. The maximum Gasteiger partial charge on any atom is 0.121 e. The summed E-state index contributed by atoms with van der Waals surface area (Å²) in [6.07, 6.45) is 4.90. The first-order chi connectivity index (χ1) is 7.23. The molecule has 0 N–H and O–H groups in total. The minimum Gasteiger partial charge on any atom is -0.313 e. The van der Waals surface area contributed by atoms with E-state index < -0.39 is 0 Å². The van der Waals surface area contributed by atoms with E-state index >= 15 is 0 Å². The van der Waals surface area contributed by atoms with Gasteiger partial charge in [-0.3, -0.25) is 4.90 Å². The van der Waals surface area contributed by atoms with Crippen molar-refractivity contribution in [1.82, 2.24) is 4.90 Å². The van der Waals surface area contributed by atoms with Crippen LogP contribution in [0.5, 0.6) is 0 Å². The highest BCUT2D eigenvalue weighted by Crippen LogP contribution is 2.31. The predicted molar refractivity (Wildman–Crippen MR) is 64.8 cm³/mol. The topological polar surface area (TPSA) is 3.24 Å². The molecule has 3 fully saturated rings. The number of hydrogen-bond donors (Lipinski definition) is 0. The Balaban J connectivity index is 2.16. The van der Waals surface area contributed by atoms with E-state index in [0.29, 0.717) is 6.04 Å². The Bertz CT molecular complexity index is 239. The summed E-state index contributed by atoms with van der Waals surface area (Å²) < 4.78 is 1.33. The minimum absolute atomic E-state index is 0.689. The second-order valence-corrected chi connectivity index (χ2v) is 5.32. The molecule has 0 saturated carbocycles. The summed E-state index contributed by atoms with van der Waals surface area (Å²) in [5.74, 6) is 0. The van der Waals surface area contributed by atoms with Gasteiger partial charge in [-0.05, 0) is 19.4 Å². The molecule has 3 saturated heterocycles. The number of unbranched alkanes of at least 4 members (excludes halogenated alkanes) is 1. The molecule has 0 aromatic heterocycles. The van der Waals surface area contributed by atoms with Crippen molar-refractivity contribution in [2.75, 3.05) is 32.7 Å². The molecule has 3 aliphatic heterocycles. The van der Waals surface area contributed by atoms with Gasteiger partial charge in [0.1, 0.15) is 6.04 Å². The molecule has 0 aliphatic carbocycles. The van der Waals surface area contributed by atoms with Gasteiger partial charge in [0.2, 0.25) is 0 Å². The summed E-state index contributed by atoms with van der Waals surface area (Å²) in [6.45, 7) is 15.3. The summed E-state index contributed by atoms with van der Waals surface area (Å²) in [6, 6.07) is 1.50. The van der Waals surface area contributed by atoms with Gasteiger partial charge in [0, 0.05) is 6.54 Å². The molecule has 0 aromatic rings. The molecule has 4 unspecified atom stereocenters. The van der Waals surface area contributed by atoms with Crippen molar-refractivity contribution in [2.45, 2.75) is 38.8 Å². The van der Waals surface area contributed by atoms with E-state index in [0.717, 1.165) is 6.04 Å². The first-order valence-electron chi connectivity index (χ1n) is 6.44. The summed E-state index contributed by atoms with van der Waals surface area (Å²) >= 11 is 0. The number of quaternary nitrogens is 1. The Morgan fingerprint density at radius 1 is 1.47 bits per heavy atom. The second-order valence-electron chi connectivity index (χ2n) is 5.32. The average Bonchev–Trinajstić information content (AvgIpc) is 2.27. The van der Waals surface area contributed by atoms with E-state index in [-0.39, 0.29) is 0 Å². The van der Waals surface area contributed by atoms with Gasteiger partial charge in [-0.1, -0.05) is 19.9 Å². The Hall–Kier alpha value is -0.340. The quantitative estimate of drug-likeness (QED) is 0.505. The fourth-order valence-corrected chi connectivity index (χ4v) is 3.50. The first-order valence-corrected chi connectivity index (χ1v) is 6.44. The number of hydrogen-bond acceptors (Lipinski definition) is 1. The number of fused-ring (bicyclic) bond motifs is 3. The lowest BCUT2D eigenvalue weighted by molar-refractivity contribution is -0.979. The fraction of sp³-hybridized carbons (Fsp3) is 0.846. The van der Waals surface area contributed by atoms with E-state index in [1.165, 1.54) is 50.0 Å². The van der Waals surface area contributed by atoms with Crippen molar-refractivity contribution in [1.29, 1.82) is 0 Å². The van der Waals surface area contributed by atoms with Gasteiger partial charge < -0.3 is 4.48 Å². The number of rotatable bonds is 4. The van der Waals surface area contributed by atoms with Crippen molar-refractivity contribution in [3.63, 3.8) is 0 Å². The predicted octanol–water partition coefficient (Wildman–Crippen LogP) is 1.88. The molecule has 2 nitrogen and oxygen atoms in total. The first kappa shape index (κ1) is 11.2. The SMILES string of the molecule is C=CC1CN2CC[N+]1(CCCC)C(C)C2. The lowest BCUT2D eigenvalue weighted by Crippen LogP contribution is -2.75. The standard InChI is InChI=1S/C13H25N2/c1-4-6-8-15-9-7-14(10-12(15)3)11-13(15)5-2/h5,12-13H,2,4,6-11H2,1,3H3/q+1. The van der Waals surface area contributed by atoms with E-state index in [1.54, 1.807) is 0 Å². The molecule has 86 valence electrons. The zero-order chi connectivity index (χ0) is 10.9. The molecule has 3 heterocycles. The molecule has 0 amide bonds. The Labute approximate surface area is 94.1 Å². The van der Waals surface area contributed by atoms with E-state index in [4.69, 9.17) is 0 Å². The Morgan fingerprint density at radius 3 is 2.87 bits per heavy atom. The smallest absolute Gasteiger partial charge is 0.121 e. The molecule has 3 aliphatic rings. The molecule has 15 heavy (non-hydrogen) atoms. The van der Waals surface area contributed by atoms with Crippen molar-refractivity contribution >= 4 is 0 Å². The second kappa shape index (κ2) is 4.26. The molecular formula is C13H25N2+. The van der Waals surface area contributed by atoms with E-state index in [1.807, 2.05) is 0 Å². The molecule has 0 radical (unpaired) electrons. The van der Waals surface area contributed by atoms with Crippen molar-refractivity contribution in [2.24, 2.45) is 0 Å². The van der Waals surface area contributed by atoms with Crippen LogP contribution >= 0.6 is 0 Å². The van der Waals surface area contributed by atoms with Gasteiger partial charge >= 0.3 is 0 Å². The summed E-state index contributed by atoms with van der Waals surface area (Å²) in [5, 5.41) is 0. The molecular weight excluding hydrogens is 184 g/mol. The van der Waals surface area contributed by atoms with Gasteiger partial charge in [-0.15, -0.1) is 0 Å². The monoisotopic (exact) mass is 209 g/mol. The van der Waals surface area contributed by atoms with Crippen LogP contribution in [0.4, 0.5) is 0 Å². The van der Waals surface area contributed by atoms with Crippen LogP contribution in [-0.4, -0.2) is 54.2 Å². The average molecular weight is 209 g/mol. The van der Waals surface area contributed by atoms with Crippen LogP contribution in [-0.2, 0) is 0 Å². The summed E-state index contributed by atoms with van der Waals surface area (Å²) in [5.41, 5.74) is 0. The minimum atomic E-state index is 0.689.